The van der Waals surface area contributed by atoms with Crippen LogP contribution in [0.5, 0.6) is 5.75 Å². The summed E-state index contributed by atoms with van der Waals surface area (Å²) in [5.74, 6) is 1.64. The summed E-state index contributed by atoms with van der Waals surface area (Å²) in [7, 11) is 0. The maximum absolute atomic E-state index is 12.8. The summed E-state index contributed by atoms with van der Waals surface area (Å²) in [5, 5.41) is 3.96. The molecular formula is C22H17ClN2O3S. The summed E-state index contributed by atoms with van der Waals surface area (Å²) in [6.07, 6.45) is 1.64. The van der Waals surface area contributed by atoms with Crippen LogP contribution in [-0.2, 0) is 11.4 Å². The summed E-state index contributed by atoms with van der Waals surface area (Å²) >= 11 is 11.2. The number of aryl methyl sites for hydroxylation is 1. The van der Waals surface area contributed by atoms with Crippen LogP contribution < -0.4 is 15.0 Å². The number of hydrogen-bond acceptors (Lipinski definition) is 4. The number of rotatable bonds is 5. The van der Waals surface area contributed by atoms with Crippen LogP contribution in [0.25, 0.3) is 6.08 Å². The number of ether oxygens (including phenoxy) is 1. The van der Waals surface area contributed by atoms with E-state index >= 15 is 0 Å². The number of para-hydroxylation sites is 1. The van der Waals surface area contributed by atoms with E-state index in [-0.39, 0.29) is 12.5 Å². The van der Waals surface area contributed by atoms with Gasteiger partial charge in [-0.3, -0.25) is 9.69 Å². The van der Waals surface area contributed by atoms with Crippen molar-refractivity contribution < 1.29 is 13.9 Å². The number of thiocarbonyl (C=S) groups is 1. The van der Waals surface area contributed by atoms with E-state index in [1.165, 1.54) is 4.90 Å². The molecule has 146 valence electrons. The van der Waals surface area contributed by atoms with Crippen LogP contribution in [-0.4, -0.2) is 11.0 Å². The van der Waals surface area contributed by atoms with Gasteiger partial charge in [-0.2, -0.15) is 0 Å². The van der Waals surface area contributed by atoms with E-state index < -0.39 is 0 Å². The molecule has 7 heteroatoms. The molecule has 0 aliphatic carbocycles. The number of nitrogens with one attached hydrogen (secondary N) is 1. The number of halogens is 1. The van der Waals surface area contributed by atoms with Crippen molar-refractivity contribution in [3.8, 4) is 5.75 Å². The molecule has 4 rings (SSSR count). The Balaban J connectivity index is 1.47. The molecule has 2 aromatic carbocycles. The van der Waals surface area contributed by atoms with Crippen LogP contribution in [0, 0.1) is 6.92 Å². The summed E-state index contributed by atoms with van der Waals surface area (Å²) < 4.78 is 11.4. The summed E-state index contributed by atoms with van der Waals surface area (Å²) in [6.45, 7) is 2.20. The van der Waals surface area contributed by atoms with Crippen molar-refractivity contribution in [2.24, 2.45) is 0 Å². The molecule has 1 aromatic heterocycles. The molecule has 29 heavy (non-hydrogen) atoms. The lowest BCUT2D eigenvalue weighted by Gasteiger charge is -2.16. The van der Waals surface area contributed by atoms with Gasteiger partial charge in [-0.1, -0.05) is 29.8 Å². The van der Waals surface area contributed by atoms with Crippen molar-refractivity contribution >= 4 is 46.6 Å². The van der Waals surface area contributed by atoms with Gasteiger partial charge >= 0.3 is 0 Å². The van der Waals surface area contributed by atoms with Crippen molar-refractivity contribution in [2.75, 3.05) is 4.90 Å². The maximum Gasteiger partial charge on any atom is 0.281 e. The van der Waals surface area contributed by atoms with Gasteiger partial charge in [0.25, 0.3) is 5.91 Å². The van der Waals surface area contributed by atoms with Crippen LogP contribution in [0.15, 0.2) is 70.8 Å². The first-order valence-electron chi connectivity index (χ1n) is 8.91. The predicted octanol–water partition coefficient (Wildman–Crippen LogP) is 5.08. The monoisotopic (exact) mass is 424 g/mol. The van der Waals surface area contributed by atoms with E-state index in [2.05, 4.69) is 5.32 Å². The molecule has 1 saturated heterocycles. The lowest BCUT2D eigenvalue weighted by atomic mass is 10.2. The minimum atomic E-state index is -0.223. The lowest BCUT2D eigenvalue weighted by Crippen LogP contribution is -2.30. The molecule has 2 heterocycles. The smallest absolute Gasteiger partial charge is 0.281 e. The first-order valence-corrected chi connectivity index (χ1v) is 9.70. The number of benzene rings is 2. The standard InChI is InChI=1S/C22H17ClN2O3S/c1-14-4-2-3-5-20(14)25-21(26)19(24-22(25)29)12-17-10-11-18(28-17)13-27-16-8-6-15(23)7-9-16/h2-12H,13H2,1H3,(H,24,29)/b19-12+. The predicted molar refractivity (Wildman–Crippen MR) is 117 cm³/mol. The number of nitrogens with zero attached hydrogens (tertiary/aromatic N) is 1. The molecule has 0 spiro atoms. The maximum atomic E-state index is 12.8. The van der Waals surface area contributed by atoms with Crippen LogP contribution in [0.3, 0.4) is 0 Å². The molecule has 0 bridgehead atoms. The van der Waals surface area contributed by atoms with Gasteiger partial charge in [-0.25, -0.2) is 0 Å². The van der Waals surface area contributed by atoms with E-state index in [9.17, 15) is 4.79 Å². The Morgan fingerprint density at radius 1 is 1.14 bits per heavy atom. The quantitative estimate of drug-likeness (QED) is 0.457. The van der Waals surface area contributed by atoms with Crippen LogP contribution >= 0.6 is 23.8 Å². The third-order valence-electron chi connectivity index (χ3n) is 4.40. The number of amides is 1. The van der Waals surface area contributed by atoms with Gasteiger partial charge in [0.15, 0.2) is 5.11 Å². The first-order chi connectivity index (χ1) is 14.0. The average molecular weight is 425 g/mol. The van der Waals surface area contributed by atoms with Gasteiger partial charge in [0.1, 0.15) is 29.6 Å². The first kappa shape index (κ1) is 19.2. The SMILES string of the molecule is Cc1ccccc1N1C(=O)/C(=C\c2ccc(COc3ccc(Cl)cc3)o2)NC1=S. The van der Waals surface area contributed by atoms with Gasteiger partial charge in [0.05, 0.1) is 5.69 Å². The fraction of sp³-hybridized carbons (Fsp3) is 0.0909. The summed E-state index contributed by atoms with van der Waals surface area (Å²) in [4.78, 5) is 14.3. The Kier molecular flexibility index (Phi) is 5.38. The molecule has 0 radical (unpaired) electrons. The normalized spacial score (nSPS) is 15.1. The molecule has 3 aromatic rings. The summed E-state index contributed by atoms with van der Waals surface area (Å²) in [6, 6.07) is 18.3. The molecule has 1 aliphatic heterocycles. The second-order valence-electron chi connectivity index (χ2n) is 6.46. The number of carbonyl (C=O) groups is 1. The Bertz CT molecular complexity index is 1110. The van der Waals surface area contributed by atoms with Crippen molar-refractivity contribution in [1.82, 2.24) is 5.32 Å². The molecule has 0 unspecified atom stereocenters. The average Bonchev–Trinajstić information content (AvgIpc) is 3.26. The molecule has 0 atom stereocenters. The largest absolute Gasteiger partial charge is 0.486 e. The van der Waals surface area contributed by atoms with E-state index in [0.717, 1.165) is 11.3 Å². The van der Waals surface area contributed by atoms with E-state index in [4.69, 9.17) is 33.0 Å². The zero-order valence-corrected chi connectivity index (χ0v) is 17.1. The molecule has 1 N–H and O–H groups in total. The Morgan fingerprint density at radius 2 is 1.90 bits per heavy atom. The lowest BCUT2D eigenvalue weighted by molar-refractivity contribution is -0.113. The number of hydrogen-bond donors (Lipinski definition) is 1. The van der Waals surface area contributed by atoms with Crippen molar-refractivity contribution in [3.05, 3.63) is 88.5 Å². The molecule has 1 fully saturated rings. The van der Waals surface area contributed by atoms with Gasteiger partial charge in [-0.05, 0) is 67.2 Å². The fourth-order valence-electron chi connectivity index (χ4n) is 2.95. The molecule has 1 aliphatic rings. The van der Waals surface area contributed by atoms with Crippen LogP contribution in [0.2, 0.25) is 5.02 Å². The van der Waals surface area contributed by atoms with E-state index in [1.807, 2.05) is 31.2 Å². The highest BCUT2D eigenvalue weighted by Crippen LogP contribution is 2.26. The van der Waals surface area contributed by atoms with Crippen molar-refractivity contribution in [1.29, 1.82) is 0 Å². The third-order valence-corrected chi connectivity index (χ3v) is 4.93. The van der Waals surface area contributed by atoms with E-state index in [1.54, 1.807) is 42.5 Å². The number of furan rings is 1. The number of carbonyl (C=O) groups excluding carboxylic acids is 1. The second kappa shape index (κ2) is 8.11. The molecular weight excluding hydrogens is 408 g/mol. The van der Waals surface area contributed by atoms with Gasteiger partial charge in [-0.15, -0.1) is 0 Å². The topological polar surface area (TPSA) is 54.7 Å². The van der Waals surface area contributed by atoms with Crippen LogP contribution in [0.1, 0.15) is 17.1 Å². The highest BCUT2D eigenvalue weighted by atomic mass is 35.5. The molecule has 0 saturated carbocycles. The Hall–Kier alpha value is -3.09. The minimum Gasteiger partial charge on any atom is -0.486 e. The molecule has 5 nitrogen and oxygen atoms in total. The molecule has 1 amide bonds. The van der Waals surface area contributed by atoms with Crippen LogP contribution in [0.4, 0.5) is 5.69 Å². The third kappa shape index (κ3) is 4.18. The van der Waals surface area contributed by atoms with Gasteiger partial charge in [0.2, 0.25) is 0 Å². The Labute approximate surface area is 178 Å². The fourth-order valence-corrected chi connectivity index (χ4v) is 3.36. The zero-order chi connectivity index (χ0) is 20.4. The summed E-state index contributed by atoms with van der Waals surface area (Å²) in [5.41, 5.74) is 2.08. The minimum absolute atomic E-state index is 0.223. The van der Waals surface area contributed by atoms with Gasteiger partial charge in [0, 0.05) is 11.1 Å². The zero-order valence-electron chi connectivity index (χ0n) is 15.5. The van der Waals surface area contributed by atoms with Crippen molar-refractivity contribution in [3.63, 3.8) is 0 Å². The second-order valence-corrected chi connectivity index (χ2v) is 7.29. The number of anilines is 1. The van der Waals surface area contributed by atoms with Crippen molar-refractivity contribution in [2.45, 2.75) is 13.5 Å². The highest BCUT2D eigenvalue weighted by Gasteiger charge is 2.32. The van der Waals surface area contributed by atoms with E-state index in [0.29, 0.717) is 33.1 Å². The highest BCUT2D eigenvalue weighted by molar-refractivity contribution is 7.80. The van der Waals surface area contributed by atoms with Gasteiger partial charge < -0.3 is 14.5 Å². The Morgan fingerprint density at radius 3 is 2.66 bits per heavy atom.